The van der Waals surface area contributed by atoms with E-state index >= 15 is 0 Å². The van der Waals surface area contributed by atoms with E-state index in [1.54, 1.807) is 31.4 Å². The van der Waals surface area contributed by atoms with Crippen LogP contribution in [0.25, 0.3) is 0 Å². The van der Waals surface area contributed by atoms with Gasteiger partial charge in [-0.2, -0.15) is 4.31 Å². The fourth-order valence-electron chi connectivity index (χ4n) is 3.28. The third-order valence-corrected chi connectivity index (χ3v) is 7.08. The van der Waals surface area contributed by atoms with Gasteiger partial charge in [0.15, 0.2) is 6.61 Å². The van der Waals surface area contributed by atoms with Crippen LogP contribution in [0.3, 0.4) is 0 Å². The SMILES string of the molecule is COc1ccc(S(=O)(=O)N2CCN(CCNC(=O)COc3ccc(C)cc3)CC2)cc1.Cl. The van der Waals surface area contributed by atoms with Gasteiger partial charge in [0.1, 0.15) is 11.5 Å². The van der Waals surface area contributed by atoms with Gasteiger partial charge in [0, 0.05) is 39.3 Å². The van der Waals surface area contributed by atoms with Gasteiger partial charge in [0.25, 0.3) is 5.91 Å². The first-order valence-corrected chi connectivity index (χ1v) is 11.7. The smallest absolute Gasteiger partial charge is 0.257 e. The summed E-state index contributed by atoms with van der Waals surface area (Å²) in [5, 5.41) is 2.84. The van der Waals surface area contributed by atoms with Crippen molar-refractivity contribution in [3.63, 3.8) is 0 Å². The van der Waals surface area contributed by atoms with E-state index in [4.69, 9.17) is 9.47 Å². The maximum Gasteiger partial charge on any atom is 0.257 e. The molecule has 1 aliphatic rings. The van der Waals surface area contributed by atoms with Crippen LogP contribution in [0, 0.1) is 6.92 Å². The van der Waals surface area contributed by atoms with Crippen LogP contribution in [0.2, 0.25) is 0 Å². The molecule has 0 aromatic heterocycles. The van der Waals surface area contributed by atoms with E-state index in [0.717, 1.165) is 5.56 Å². The molecule has 8 nitrogen and oxygen atoms in total. The third-order valence-electron chi connectivity index (χ3n) is 5.17. The summed E-state index contributed by atoms with van der Waals surface area (Å²) < 4.78 is 37.7. The van der Waals surface area contributed by atoms with Crippen molar-refractivity contribution in [3.8, 4) is 11.5 Å². The molecule has 0 radical (unpaired) electrons. The number of benzene rings is 2. The number of ether oxygens (including phenoxy) is 2. The lowest BCUT2D eigenvalue weighted by Gasteiger charge is -2.34. The number of methoxy groups -OCH3 is 1. The largest absolute Gasteiger partial charge is 0.497 e. The van der Waals surface area contributed by atoms with Crippen LogP contribution in [0.4, 0.5) is 0 Å². The van der Waals surface area contributed by atoms with Crippen molar-refractivity contribution in [2.24, 2.45) is 0 Å². The van der Waals surface area contributed by atoms with Crippen LogP contribution >= 0.6 is 12.4 Å². The van der Waals surface area contributed by atoms with Crippen LogP contribution in [0.1, 0.15) is 5.56 Å². The molecule has 2 aromatic rings. The monoisotopic (exact) mass is 483 g/mol. The Hall–Kier alpha value is -2.33. The fourth-order valence-corrected chi connectivity index (χ4v) is 4.70. The molecule has 0 aliphatic carbocycles. The highest BCUT2D eigenvalue weighted by molar-refractivity contribution is 7.89. The number of hydrogen-bond acceptors (Lipinski definition) is 6. The Morgan fingerprint density at radius 3 is 2.16 bits per heavy atom. The summed E-state index contributed by atoms with van der Waals surface area (Å²) in [7, 11) is -1.97. The van der Waals surface area contributed by atoms with Gasteiger partial charge in [-0.15, -0.1) is 12.4 Å². The van der Waals surface area contributed by atoms with Crippen molar-refractivity contribution in [2.45, 2.75) is 11.8 Å². The molecule has 0 bridgehead atoms. The van der Waals surface area contributed by atoms with E-state index in [1.807, 2.05) is 31.2 Å². The van der Waals surface area contributed by atoms with E-state index < -0.39 is 10.0 Å². The summed E-state index contributed by atoms with van der Waals surface area (Å²) >= 11 is 0. The second-order valence-corrected chi connectivity index (χ2v) is 9.31. The minimum Gasteiger partial charge on any atom is -0.497 e. The van der Waals surface area contributed by atoms with Gasteiger partial charge in [-0.3, -0.25) is 9.69 Å². The summed E-state index contributed by atoms with van der Waals surface area (Å²) in [5.41, 5.74) is 1.13. The lowest BCUT2D eigenvalue weighted by atomic mass is 10.2. The molecule has 1 amide bonds. The summed E-state index contributed by atoms with van der Waals surface area (Å²) in [6, 6.07) is 14.0. The Morgan fingerprint density at radius 2 is 1.56 bits per heavy atom. The molecule has 1 heterocycles. The summed E-state index contributed by atoms with van der Waals surface area (Å²) in [6.07, 6.45) is 0. The van der Waals surface area contributed by atoms with Crippen LogP contribution in [-0.2, 0) is 14.8 Å². The maximum absolute atomic E-state index is 12.8. The number of carbonyl (C=O) groups is 1. The summed E-state index contributed by atoms with van der Waals surface area (Å²) in [6.45, 7) is 5.17. The molecule has 1 aliphatic heterocycles. The molecular weight excluding hydrogens is 454 g/mol. The average Bonchev–Trinajstić information content (AvgIpc) is 2.79. The second-order valence-electron chi connectivity index (χ2n) is 7.37. The minimum atomic E-state index is -3.52. The highest BCUT2D eigenvalue weighted by Crippen LogP contribution is 2.20. The molecule has 2 aromatic carbocycles. The van der Waals surface area contributed by atoms with Crippen molar-refractivity contribution >= 4 is 28.3 Å². The highest BCUT2D eigenvalue weighted by atomic mass is 35.5. The molecule has 3 rings (SSSR count). The number of aryl methyl sites for hydroxylation is 1. The number of amides is 1. The number of halogens is 1. The zero-order valence-corrected chi connectivity index (χ0v) is 20.0. The summed E-state index contributed by atoms with van der Waals surface area (Å²) in [5.74, 6) is 1.10. The Morgan fingerprint density at radius 1 is 0.969 bits per heavy atom. The second kappa shape index (κ2) is 12.1. The molecule has 0 atom stereocenters. The van der Waals surface area contributed by atoms with E-state index in [1.165, 1.54) is 4.31 Å². The van der Waals surface area contributed by atoms with Crippen LogP contribution in [0.15, 0.2) is 53.4 Å². The van der Waals surface area contributed by atoms with Gasteiger partial charge in [-0.25, -0.2) is 8.42 Å². The van der Waals surface area contributed by atoms with Crippen molar-refractivity contribution in [2.75, 3.05) is 53.0 Å². The standard InChI is InChI=1S/C22H29N3O5S.ClH/c1-18-3-5-20(6-4-18)30-17-22(26)23-11-12-24-13-15-25(16-14-24)31(27,28)21-9-7-19(29-2)8-10-21;/h3-10H,11-17H2,1-2H3,(H,23,26);1H. The third kappa shape index (κ3) is 7.09. The molecule has 176 valence electrons. The topological polar surface area (TPSA) is 88.2 Å². The Kier molecular flexibility index (Phi) is 9.77. The number of rotatable bonds is 9. The van der Waals surface area contributed by atoms with Crippen molar-refractivity contribution < 1.29 is 22.7 Å². The molecule has 0 saturated carbocycles. The number of carbonyl (C=O) groups excluding carboxylic acids is 1. The van der Waals surface area contributed by atoms with Gasteiger partial charge in [-0.1, -0.05) is 17.7 Å². The fraction of sp³-hybridized carbons (Fsp3) is 0.409. The molecule has 0 unspecified atom stereocenters. The van der Waals surface area contributed by atoms with E-state index in [2.05, 4.69) is 10.2 Å². The number of nitrogens with one attached hydrogen (secondary N) is 1. The Balaban J connectivity index is 0.00000363. The van der Waals surface area contributed by atoms with E-state index in [0.29, 0.717) is 50.8 Å². The van der Waals surface area contributed by atoms with Gasteiger partial charge in [-0.05, 0) is 43.3 Å². The van der Waals surface area contributed by atoms with Crippen molar-refractivity contribution in [1.82, 2.24) is 14.5 Å². The normalized spacial score (nSPS) is 14.9. The van der Waals surface area contributed by atoms with Crippen LogP contribution in [-0.4, -0.2) is 76.5 Å². The molecule has 32 heavy (non-hydrogen) atoms. The van der Waals surface area contributed by atoms with E-state index in [9.17, 15) is 13.2 Å². The number of nitrogens with zero attached hydrogens (tertiary/aromatic N) is 2. The van der Waals surface area contributed by atoms with E-state index in [-0.39, 0.29) is 29.8 Å². The Bertz CT molecular complexity index is 960. The first kappa shape index (κ1) is 25.9. The molecule has 1 fully saturated rings. The molecular formula is C22H30ClN3O5S. The zero-order chi connectivity index (χ0) is 22.3. The highest BCUT2D eigenvalue weighted by Gasteiger charge is 2.28. The first-order chi connectivity index (χ1) is 14.9. The molecule has 1 saturated heterocycles. The average molecular weight is 484 g/mol. The predicted octanol–water partition coefficient (Wildman–Crippen LogP) is 1.93. The van der Waals surface area contributed by atoms with Crippen molar-refractivity contribution in [1.29, 1.82) is 0 Å². The lowest BCUT2D eigenvalue weighted by Crippen LogP contribution is -2.50. The van der Waals surface area contributed by atoms with Gasteiger partial charge >= 0.3 is 0 Å². The molecule has 0 spiro atoms. The van der Waals surface area contributed by atoms with Gasteiger partial charge in [0.05, 0.1) is 12.0 Å². The van der Waals surface area contributed by atoms with Gasteiger partial charge in [0.2, 0.25) is 10.0 Å². The lowest BCUT2D eigenvalue weighted by molar-refractivity contribution is -0.123. The predicted molar refractivity (Wildman–Crippen MR) is 125 cm³/mol. The molecule has 1 N–H and O–H groups in total. The molecule has 10 heteroatoms. The van der Waals surface area contributed by atoms with Crippen LogP contribution in [0.5, 0.6) is 11.5 Å². The minimum absolute atomic E-state index is 0. The first-order valence-electron chi connectivity index (χ1n) is 10.2. The quantitative estimate of drug-likeness (QED) is 0.586. The Labute approximate surface area is 196 Å². The number of sulfonamides is 1. The maximum atomic E-state index is 12.8. The number of hydrogen-bond donors (Lipinski definition) is 1. The zero-order valence-electron chi connectivity index (χ0n) is 18.3. The summed E-state index contributed by atoms with van der Waals surface area (Å²) in [4.78, 5) is 14.4. The van der Waals surface area contributed by atoms with Crippen LogP contribution < -0.4 is 14.8 Å². The van der Waals surface area contributed by atoms with Crippen molar-refractivity contribution in [3.05, 3.63) is 54.1 Å². The number of piperazine rings is 1. The van der Waals surface area contributed by atoms with Gasteiger partial charge < -0.3 is 14.8 Å².